The van der Waals surface area contributed by atoms with Crippen LogP contribution in [0, 0.1) is 0 Å². The molecule has 6 nitrogen and oxygen atoms in total. The molecule has 0 amide bonds. The van der Waals surface area contributed by atoms with Crippen LogP contribution < -0.4 is 5.32 Å². The van der Waals surface area contributed by atoms with Crippen molar-refractivity contribution in [2.24, 2.45) is 0 Å². The maximum Gasteiger partial charge on any atom is 0.211 e. The van der Waals surface area contributed by atoms with Crippen molar-refractivity contribution in [3.8, 4) is 0 Å². The van der Waals surface area contributed by atoms with E-state index in [4.69, 9.17) is 0 Å². The van der Waals surface area contributed by atoms with Gasteiger partial charge < -0.3 is 10.4 Å². The molecular formula is C20H31N3O3S. The van der Waals surface area contributed by atoms with Gasteiger partial charge in [0.1, 0.15) is 0 Å². The van der Waals surface area contributed by atoms with E-state index in [0.717, 1.165) is 25.9 Å². The van der Waals surface area contributed by atoms with Crippen molar-refractivity contribution >= 4 is 10.0 Å². The average Bonchev–Trinajstić information content (AvgIpc) is 3.37. The molecule has 2 aliphatic heterocycles. The van der Waals surface area contributed by atoms with Crippen molar-refractivity contribution in [2.45, 2.75) is 49.2 Å². The molecule has 27 heavy (non-hydrogen) atoms. The first kappa shape index (κ1) is 19.3. The molecule has 2 N–H and O–H groups in total. The summed E-state index contributed by atoms with van der Waals surface area (Å²) < 4.78 is 25.0. The lowest BCUT2D eigenvalue weighted by Crippen LogP contribution is -2.72. The first-order chi connectivity index (χ1) is 12.9. The van der Waals surface area contributed by atoms with Crippen LogP contribution in [0.3, 0.4) is 0 Å². The number of sulfonamides is 1. The Hall–Kier alpha value is -0.990. The Labute approximate surface area is 162 Å². The molecule has 1 aromatic rings. The van der Waals surface area contributed by atoms with Crippen molar-refractivity contribution in [3.05, 3.63) is 35.9 Å². The summed E-state index contributed by atoms with van der Waals surface area (Å²) in [6, 6.07) is 11.9. The van der Waals surface area contributed by atoms with Gasteiger partial charge in [-0.25, -0.2) is 8.42 Å². The number of hydrogen-bond acceptors (Lipinski definition) is 5. The standard InChI is InChI=1S/C20H31N3O3S/c1-27(25,26)23-14-20(15-23,9-12-24)22-10-7-17(8-11-22)21-19-13-18(19)16-5-3-2-4-6-16/h2-6,17-19,21,24H,7-15H2,1H3/t18-,19+/m0/s1. The molecule has 2 saturated heterocycles. The Bertz CT molecular complexity index is 741. The van der Waals surface area contributed by atoms with Crippen molar-refractivity contribution in [1.29, 1.82) is 0 Å². The Morgan fingerprint density at radius 3 is 2.44 bits per heavy atom. The second-order valence-electron chi connectivity index (χ2n) is 8.52. The SMILES string of the molecule is CS(=O)(=O)N1CC(CCO)(N2CCC(N[C@@H]3C[C@H]3c3ccccc3)CC2)C1. The van der Waals surface area contributed by atoms with Gasteiger partial charge in [0.2, 0.25) is 10.0 Å². The van der Waals surface area contributed by atoms with Gasteiger partial charge in [0.25, 0.3) is 0 Å². The molecule has 3 aliphatic rings. The van der Waals surface area contributed by atoms with E-state index in [2.05, 4.69) is 40.5 Å². The van der Waals surface area contributed by atoms with Crippen LogP contribution in [0.2, 0.25) is 0 Å². The molecule has 0 radical (unpaired) electrons. The van der Waals surface area contributed by atoms with Crippen molar-refractivity contribution < 1.29 is 13.5 Å². The smallest absolute Gasteiger partial charge is 0.211 e. The average molecular weight is 394 g/mol. The van der Waals surface area contributed by atoms with Gasteiger partial charge in [-0.3, -0.25) is 4.90 Å². The molecule has 4 rings (SSSR count). The molecule has 0 aromatic heterocycles. The molecular weight excluding hydrogens is 362 g/mol. The fraction of sp³-hybridized carbons (Fsp3) is 0.700. The van der Waals surface area contributed by atoms with Crippen LogP contribution in [0.15, 0.2) is 30.3 Å². The lowest BCUT2D eigenvalue weighted by atomic mass is 9.84. The van der Waals surface area contributed by atoms with Gasteiger partial charge in [-0.2, -0.15) is 4.31 Å². The zero-order valence-corrected chi connectivity index (χ0v) is 16.9. The Morgan fingerprint density at radius 1 is 1.19 bits per heavy atom. The van der Waals surface area contributed by atoms with Gasteiger partial charge >= 0.3 is 0 Å². The summed E-state index contributed by atoms with van der Waals surface area (Å²) in [5.41, 5.74) is 1.26. The monoisotopic (exact) mass is 393 g/mol. The number of rotatable bonds is 7. The van der Waals surface area contributed by atoms with E-state index in [-0.39, 0.29) is 12.1 Å². The van der Waals surface area contributed by atoms with Gasteiger partial charge in [0, 0.05) is 50.8 Å². The van der Waals surface area contributed by atoms with Gasteiger partial charge in [0.15, 0.2) is 0 Å². The number of nitrogens with one attached hydrogen (secondary N) is 1. The highest BCUT2D eigenvalue weighted by molar-refractivity contribution is 7.88. The highest BCUT2D eigenvalue weighted by Gasteiger charge is 2.51. The number of hydrogen-bond donors (Lipinski definition) is 2. The molecule has 3 fully saturated rings. The minimum Gasteiger partial charge on any atom is -0.396 e. The highest BCUT2D eigenvalue weighted by Crippen LogP contribution is 2.42. The molecule has 2 heterocycles. The quantitative estimate of drug-likeness (QED) is 0.723. The Balaban J connectivity index is 1.27. The number of piperidine rings is 1. The number of aliphatic hydroxyl groups is 1. The molecule has 0 spiro atoms. The normalized spacial score (nSPS) is 29.4. The predicted molar refractivity (Wildman–Crippen MR) is 106 cm³/mol. The second-order valence-corrected chi connectivity index (χ2v) is 10.5. The third kappa shape index (κ3) is 4.07. The zero-order valence-electron chi connectivity index (χ0n) is 16.0. The van der Waals surface area contributed by atoms with Gasteiger partial charge in [-0.1, -0.05) is 30.3 Å². The van der Waals surface area contributed by atoms with E-state index >= 15 is 0 Å². The maximum atomic E-state index is 11.8. The van der Waals surface area contributed by atoms with Crippen LogP contribution in [0.5, 0.6) is 0 Å². The third-order valence-electron chi connectivity index (χ3n) is 6.62. The third-order valence-corrected chi connectivity index (χ3v) is 7.82. The van der Waals surface area contributed by atoms with Crippen LogP contribution in [0.25, 0.3) is 0 Å². The Morgan fingerprint density at radius 2 is 1.85 bits per heavy atom. The maximum absolute atomic E-state index is 11.8. The van der Waals surface area contributed by atoms with E-state index in [1.165, 1.54) is 22.5 Å². The van der Waals surface area contributed by atoms with E-state index in [0.29, 0.717) is 37.5 Å². The van der Waals surface area contributed by atoms with E-state index < -0.39 is 10.0 Å². The molecule has 1 saturated carbocycles. The summed E-state index contributed by atoms with van der Waals surface area (Å²) in [7, 11) is -3.13. The fourth-order valence-corrected chi connectivity index (χ4v) is 5.79. The molecule has 1 aliphatic carbocycles. The summed E-state index contributed by atoms with van der Waals surface area (Å²) in [6.45, 7) is 3.08. The van der Waals surface area contributed by atoms with E-state index in [9.17, 15) is 13.5 Å². The van der Waals surface area contributed by atoms with Crippen molar-refractivity contribution in [2.75, 3.05) is 39.0 Å². The summed E-state index contributed by atoms with van der Waals surface area (Å²) in [5, 5.41) is 13.3. The molecule has 0 unspecified atom stereocenters. The topological polar surface area (TPSA) is 72.9 Å². The number of likely N-dealkylation sites (tertiary alicyclic amines) is 1. The van der Waals surface area contributed by atoms with Gasteiger partial charge in [-0.15, -0.1) is 0 Å². The first-order valence-electron chi connectivity index (χ1n) is 10.0. The lowest BCUT2D eigenvalue weighted by molar-refractivity contribution is -0.0428. The summed E-state index contributed by atoms with van der Waals surface area (Å²) in [6.07, 6.45) is 5.32. The molecule has 150 valence electrons. The first-order valence-corrected chi connectivity index (χ1v) is 11.9. The van der Waals surface area contributed by atoms with Gasteiger partial charge in [-0.05, 0) is 31.2 Å². The van der Waals surface area contributed by atoms with Crippen LogP contribution in [-0.2, 0) is 10.0 Å². The van der Waals surface area contributed by atoms with E-state index in [1.54, 1.807) is 0 Å². The summed E-state index contributed by atoms with van der Waals surface area (Å²) in [5.74, 6) is 0.653. The number of aliphatic hydroxyl groups excluding tert-OH is 1. The Kier molecular flexibility index (Phi) is 5.33. The molecule has 7 heteroatoms. The van der Waals surface area contributed by atoms with Crippen molar-refractivity contribution in [1.82, 2.24) is 14.5 Å². The predicted octanol–water partition coefficient (Wildman–Crippen LogP) is 0.993. The van der Waals surface area contributed by atoms with Crippen LogP contribution in [0.1, 0.15) is 37.2 Å². The lowest BCUT2D eigenvalue weighted by Gasteiger charge is -2.56. The second kappa shape index (κ2) is 7.44. The molecule has 0 bridgehead atoms. The number of nitrogens with zero attached hydrogens (tertiary/aromatic N) is 2. The molecule has 2 atom stereocenters. The highest BCUT2D eigenvalue weighted by atomic mass is 32.2. The van der Waals surface area contributed by atoms with Crippen LogP contribution in [0.4, 0.5) is 0 Å². The van der Waals surface area contributed by atoms with Crippen molar-refractivity contribution in [3.63, 3.8) is 0 Å². The number of benzene rings is 1. The van der Waals surface area contributed by atoms with Crippen LogP contribution in [-0.4, -0.2) is 79.4 Å². The van der Waals surface area contributed by atoms with Crippen LogP contribution >= 0.6 is 0 Å². The zero-order chi connectivity index (χ0) is 19.1. The van der Waals surface area contributed by atoms with Gasteiger partial charge in [0.05, 0.1) is 11.8 Å². The fourth-order valence-electron chi connectivity index (χ4n) is 4.84. The molecule has 1 aromatic carbocycles. The summed E-state index contributed by atoms with van der Waals surface area (Å²) >= 11 is 0. The minimum absolute atomic E-state index is 0.108. The van der Waals surface area contributed by atoms with E-state index in [1.807, 2.05) is 0 Å². The summed E-state index contributed by atoms with van der Waals surface area (Å²) in [4.78, 5) is 2.42. The minimum atomic E-state index is -3.13. The largest absolute Gasteiger partial charge is 0.396 e.